The zero-order valence-electron chi connectivity index (χ0n) is 12.0. The predicted octanol–water partition coefficient (Wildman–Crippen LogP) is 2.98. The molecule has 2 unspecified atom stereocenters. The van der Waals surface area contributed by atoms with Crippen molar-refractivity contribution in [2.45, 2.75) is 64.1 Å². The van der Waals surface area contributed by atoms with Crippen LogP contribution < -0.4 is 5.32 Å². The Labute approximate surface area is 112 Å². The molecule has 0 bridgehead atoms. The highest BCUT2D eigenvalue weighted by molar-refractivity contribution is 7.98. The van der Waals surface area contributed by atoms with E-state index in [0.717, 1.165) is 12.1 Å². The Bertz CT molecular complexity index is 195. The maximum atomic E-state index is 3.69. The molecule has 0 spiro atoms. The lowest BCUT2D eigenvalue weighted by Crippen LogP contribution is -2.45. The van der Waals surface area contributed by atoms with Crippen molar-refractivity contribution >= 4 is 11.8 Å². The summed E-state index contributed by atoms with van der Waals surface area (Å²) < 4.78 is 0. The summed E-state index contributed by atoms with van der Waals surface area (Å²) in [5.74, 6) is 1.28. The van der Waals surface area contributed by atoms with E-state index in [2.05, 4.69) is 37.4 Å². The monoisotopic (exact) mass is 258 g/mol. The quantitative estimate of drug-likeness (QED) is 0.648. The fraction of sp³-hybridized carbons (Fsp3) is 1.00. The fourth-order valence-electron chi connectivity index (χ4n) is 2.23. The first-order chi connectivity index (χ1) is 8.19. The van der Waals surface area contributed by atoms with Gasteiger partial charge >= 0.3 is 0 Å². The molecule has 0 radical (unpaired) electrons. The number of nitrogens with one attached hydrogen (secondary N) is 1. The van der Waals surface area contributed by atoms with Crippen LogP contribution in [0.1, 0.15) is 46.0 Å². The van der Waals surface area contributed by atoms with Gasteiger partial charge in [-0.2, -0.15) is 11.8 Å². The van der Waals surface area contributed by atoms with Crippen molar-refractivity contribution in [1.29, 1.82) is 0 Å². The first kappa shape index (κ1) is 15.3. The summed E-state index contributed by atoms with van der Waals surface area (Å²) in [6, 6.07) is 2.27. The molecule has 1 aliphatic rings. The van der Waals surface area contributed by atoms with Crippen molar-refractivity contribution in [2.24, 2.45) is 0 Å². The van der Waals surface area contributed by atoms with E-state index in [1.54, 1.807) is 0 Å². The van der Waals surface area contributed by atoms with Gasteiger partial charge in [0, 0.05) is 24.7 Å². The molecular formula is C14H30N2S. The second-order valence-corrected chi connectivity index (χ2v) is 6.41. The second kappa shape index (κ2) is 8.39. The van der Waals surface area contributed by atoms with Gasteiger partial charge in [-0.25, -0.2) is 0 Å². The molecule has 0 aromatic rings. The Kier molecular flexibility index (Phi) is 7.56. The van der Waals surface area contributed by atoms with Crippen molar-refractivity contribution in [2.75, 3.05) is 25.6 Å². The van der Waals surface area contributed by atoms with Crippen LogP contribution in [0.2, 0.25) is 0 Å². The second-order valence-electron chi connectivity index (χ2n) is 5.42. The molecule has 1 saturated carbocycles. The van der Waals surface area contributed by atoms with E-state index < -0.39 is 0 Å². The minimum absolute atomic E-state index is 0.708. The zero-order valence-corrected chi connectivity index (χ0v) is 12.9. The number of thioether (sulfide) groups is 1. The van der Waals surface area contributed by atoms with Gasteiger partial charge in [0.15, 0.2) is 0 Å². The van der Waals surface area contributed by atoms with Crippen molar-refractivity contribution in [1.82, 2.24) is 10.2 Å². The Morgan fingerprint density at radius 3 is 2.59 bits per heavy atom. The molecule has 17 heavy (non-hydrogen) atoms. The van der Waals surface area contributed by atoms with Crippen molar-refractivity contribution in [3.05, 3.63) is 0 Å². The summed E-state index contributed by atoms with van der Waals surface area (Å²) in [4.78, 5) is 2.59. The molecule has 1 aliphatic carbocycles. The molecule has 0 saturated heterocycles. The van der Waals surface area contributed by atoms with Crippen LogP contribution in [0.5, 0.6) is 0 Å². The van der Waals surface area contributed by atoms with E-state index in [4.69, 9.17) is 0 Å². The number of rotatable bonds is 10. The first-order valence-electron chi connectivity index (χ1n) is 7.13. The van der Waals surface area contributed by atoms with Crippen molar-refractivity contribution in [3.8, 4) is 0 Å². The van der Waals surface area contributed by atoms with Crippen LogP contribution in [0.4, 0.5) is 0 Å². The van der Waals surface area contributed by atoms with Gasteiger partial charge in [-0.3, -0.25) is 4.90 Å². The highest BCUT2D eigenvalue weighted by Gasteiger charge is 2.24. The van der Waals surface area contributed by atoms with Crippen LogP contribution >= 0.6 is 11.8 Å². The molecule has 2 nitrogen and oxygen atoms in total. The largest absolute Gasteiger partial charge is 0.312 e. The van der Waals surface area contributed by atoms with E-state index >= 15 is 0 Å². The van der Waals surface area contributed by atoms with Crippen LogP contribution in [-0.2, 0) is 0 Å². The first-order valence-corrected chi connectivity index (χ1v) is 8.52. The molecule has 1 fully saturated rings. The molecule has 0 aliphatic heterocycles. The average Bonchev–Trinajstić information content (AvgIpc) is 3.14. The molecule has 0 aromatic carbocycles. The normalized spacial score (nSPS) is 19.6. The van der Waals surface area contributed by atoms with E-state index in [0.29, 0.717) is 6.04 Å². The smallest absolute Gasteiger partial charge is 0.0220 e. The fourth-order valence-corrected chi connectivity index (χ4v) is 2.80. The Hall–Kier alpha value is 0.270. The number of hydrogen-bond acceptors (Lipinski definition) is 3. The van der Waals surface area contributed by atoms with Gasteiger partial charge in [0.05, 0.1) is 0 Å². The third-order valence-electron chi connectivity index (χ3n) is 3.85. The van der Waals surface area contributed by atoms with E-state index in [-0.39, 0.29) is 0 Å². The molecule has 102 valence electrons. The zero-order chi connectivity index (χ0) is 12.7. The van der Waals surface area contributed by atoms with Gasteiger partial charge < -0.3 is 5.32 Å². The molecule has 3 heteroatoms. The Morgan fingerprint density at radius 2 is 2.06 bits per heavy atom. The van der Waals surface area contributed by atoms with Gasteiger partial charge in [0.2, 0.25) is 0 Å². The summed E-state index contributed by atoms with van der Waals surface area (Å²) >= 11 is 1.96. The SMILES string of the molecule is CCCC(CNC1CC1)N(C)C(C)CCSC. The molecule has 1 N–H and O–H groups in total. The lowest BCUT2D eigenvalue weighted by Gasteiger charge is -2.33. The third kappa shape index (κ3) is 6.12. The van der Waals surface area contributed by atoms with Gasteiger partial charge in [0.25, 0.3) is 0 Å². The highest BCUT2D eigenvalue weighted by Crippen LogP contribution is 2.20. The van der Waals surface area contributed by atoms with E-state index in [1.807, 2.05) is 11.8 Å². The third-order valence-corrected chi connectivity index (χ3v) is 4.50. The maximum absolute atomic E-state index is 3.69. The van der Waals surface area contributed by atoms with Crippen molar-refractivity contribution < 1.29 is 0 Å². The minimum atomic E-state index is 0.708. The summed E-state index contributed by atoms with van der Waals surface area (Å²) in [5.41, 5.74) is 0. The number of nitrogens with zero attached hydrogens (tertiary/aromatic N) is 1. The average molecular weight is 258 g/mol. The van der Waals surface area contributed by atoms with Gasteiger partial charge in [-0.1, -0.05) is 13.3 Å². The molecule has 1 rings (SSSR count). The van der Waals surface area contributed by atoms with Gasteiger partial charge in [-0.05, 0) is 51.7 Å². The van der Waals surface area contributed by atoms with Crippen LogP contribution in [0.3, 0.4) is 0 Å². The molecule has 2 atom stereocenters. The van der Waals surface area contributed by atoms with Crippen molar-refractivity contribution in [3.63, 3.8) is 0 Å². The Morgan fingerprint density at radius 1 is 1.35 bits per heavy atom. The Balaban J connectivity index is 2.30. The lowest BCUT2D eigenvalue weighted by atomic mass is 10.1. The van der Waals surface area contributed by atoms with E-state index in [9.17, 15) is 0 Å². The topological polar surface area (TPSA) is 15.3 Å². The van der Waals surface area contributed by atoms with Crippen LogP contribution in [0, 0.1) is 0 Å². The summed E-state index contributed by atoms with van der Waals surface area (Å²) in [6.45, 7) is 5.85. The van der Waals surface area contributed by atoms with Crippen LogP contribution in [0.25, 0.3) is 0 Å². The predicted molar refractivity (Wildman–Crippen MR) is 79.9 cm³/mol. The lowest BCUT2D eigenvalue weighted by molar-refractivity contribution is 0.167. The minimum Gasteiger partial charge on any atom is -0.312 e. The summed E-state index contributed by atoms with van der Waals surface area (Å²) in [7, 11) is 2.31. The van der Waals surface area contributed by atoms with Crippen LogP contribution in [-0.4, -0.2) is 48.6 Å². The summed E-state index contributed by atoms with van der Waals surface area (Å²) in [5, 5.41) is 3.69. The van der Waals surface area contributed by atoms with Gasteiger partial charge in [0.1, 0.15) is 0 Å². The van der Waals surface area contributed by atoms with E-state index in [1.165, 1.54) is 44.4 Å². The molecular weight excluding hydrogens is 228 g/mol. The maximum Gasteiger partial charge on any atom is 0.0220 e. The molecule has 0 heterocycles. The standard InChI is InChI=1S/C14H30N2S/c1-5-6-14(11-15-13-7-8-13)16(3)12(2)9-10-17-4/h12-15H,5-11H2,1-4H3. The van der Waals surface area contributed by atoms with Gasteiger partial charge in [-0.15, -0.1) is 0 Å². The summed E-state index contributed by atoms with van der Waals surface area (Å²) in [6.07, 6.45) is 8.90. The highest BCUT2D eigenvalue weighted by atomic mass is 32.2. The molecule has 0 aromatic heterocycles. The number of hydrogen-bond donors (Lipinski definition) is 1. The number of likely N-dealkylation sites (N-methyl/N-ethyl adjacent to an activating group) is 1. The molecule has 0 amide bonds. The van der Waals surface area contributed by atoms with Crippen LogP contribution in [0.15, 0.2) is 0 Å².